The first-order valence-electron chi connectivity index (χ1n) is 7.01. The van der Waals surface area contributed by atoms with Gasteiger partial charge in [-0.3, -0.25) is 4.79 Å². The molecule has 0 aromatic rings. The lowest BCUT2D eigenvalue weighted by Crippen LogP contribution is -2.38. The Morgan fingerprint density at radius 2 is 1.52 bits per heavy atom. The average Bonchev–Trinajstić information content (AvgIpc) is 2.92. The molecule has 0 saturated carbocycles. The van der Waals surface area contributed by atoms with Gasteiger partial charge in [-0.2, -0.15) is 0 Å². The van der Waals surface area contributed by atoms with E-state index in [-0.39, 0.29) is 25.3 Å². The van der Waals surface area contributed by atoms with Gasteiger partial charge in [0.1, 0.15) is 12.2 Å². The average molecular weight is 298 g/mol. The predicted molar refractivity (Wildman–Crippen MR) is 73.5 cm³/mol. The molecule has 6 heteroatoms. The van der Waals surface area contributed by atoms with Crippen LogP contribution >= 0.6 is 0 Å². The summed E-state index contributed by atoms with van der Waals surface area (Å²) in [6, 6.07) is 0. The first-order chi connectivity index (χ1) is 9.70. The maximum Gasteiger partial charge on any atom is 0.333 e. The lowest BCUT2D eigenvalue weighted by molar-refractivity contribution is -0.163. The first-order valence-corrected chi connectivity index (χ1v) is 7.01. The van der Waals surface area contributed by atoms with Gasteiger partial charge >= 0.3 is 11.9 Å². The third-order valence-corrected chi connectivity index (χ3v) is 3.44. The van der Waals surface area contributed by atoms with E-state index in [1.807, 2.05) is 0 Å². The molecular weight excluding hydrogens is 276 g/mol. The highest BCUT2D eigenvalue weighted by atomic mass is 16.7. The Balaban J connectivity index is 1.94. The van der Waals surface area contributed by atoms with Crippen molar-refractivity contribution in [3.05, 3.63) is 12.2 Å². The Labute approximate surface area is 124 Å². The SMILES string of the molecule is C=C(C)C(=O)OC1COC2C(OC(=O)C(C)(C)C)COC12. The van der Waals surface area contributed by atoms with Crippen molar-refractivity contribution in [1.82, 2.24) is 0 Å². The second kappa shape index (κ2) is 5.77. The lowest BCUT2D eigenvalue weighted by Gasteiger charge is -2.22. The number of fused-ring (bicyclic) bond motifs is 1. The molecule has 0 amide bonds. The summed E-state index contributed by atoms with van der Waals surface area (Å²) in [6.45, 7) is 11.0. The maximum absolute atomic E-state index is 11.9. The Bertz CT molecular complexity index is 450. The molecule has 0 aromatic carbocycles. The number of esters is 2. The summed E-state index contributed by atoms with van der Waals surface area (Å²) in [7, 11) is 0. The second-order valence-electron chi connectivity index (χ2n) is 6.51. The smallest absolute Gasteiger partial charge is 0.333 e. The van der Waals surface area contributed by atoms with Crippen LogP contribution in [0.1, 0.15) is 27.7 Å². The predicted octanol–water partition coefficient (Wildman–Crippen LogP) is 1.23. The van der Waals surface area contributed by atoms with Crippen molar-refractivity contribution in [1.29, 1.82) is 0 Å². The molecule has 0 aliphatic carbocycles. The van der Waals surface area contributed by atoms with E-state index >= 15 is 0 Å². The molecule has 2 rings (SSSR count). The van der Waals surface area contributed by atoms with Crippen LogP contribution in [0.15, 0.2) is 12.2 Å². The van der Waals surface area contributed by atoms with Gasteiger partial charge in [0.2, 0.25) is 0 Å². The van der Waals surface area contributed by atoms with Crippen LogP contribution in [-0.2, 0) is 28.5 Å². The van der Waals surface area contributed by atoms with E-state index in [1.165, 1.54) is 0 Å². The van der Waals surface area contributed by atoms with E-state index in [4.69, 9.17) is 18.9 Å². The summed E-state index contributed by atoms with van der Waals surface area (Å²) in [4.78, 5) is 23.5. The van der Waals surface area contributed by atoms with Crippen molar-refractivity contribution in [2.45, 2.75) is 52.1 Å². The molecule has 2 heterocycles. The molecule has 0 bridgehead atoms. The standard InChI is InChI=1S/C15H22O6/c1-8(2)13(16)20-9-6-18-12-10(7-19-11(9)12)21-14(17)15(3,4)5/h9-12H,1,6-7H2,2-5H3. The van der Waals surface area contributed by atoms with E-state index in [9.17, 15) is 9.59 Å². The number of carbonyl (C=O) groups excluding carboxylic acids is 2. The lowest BCUT2D eigenvalue weighted by atomic mass is 9.97. The zero-order valence-electron chi connectivity index (χ0n) is 12.9. The molecule has 0 aromatic heterocycles. The second-order valence-corrected chi connectivity index (χ2v) is 6.51. The van der Waals surface area contributed by atoms with E-state index in [0.717, 1.165) is 0 Å². The summed E-state index contributed by atoms with van der Waals surface area (Å²) >= 11 is 0. The molecule has 2 aliphatic heterocycles. The summed E-state index contributed by atoms with van der Waals surface area (Å²) in [5, 5.41) is 0. The molecule has 2 saturated heterocycles. The zero-order valence-corrected chi connectivity index (χ0v) is 12.9. The minimum Gasteiger partial charge on any atom is -0.457 e. The fraction of sp³-hybridized carbons (Fsp3) is 0.733. The zero-order chi connectivity index (χ0) is 15.8. The molecule has 2 fully saturated rings. The minimum atomic E-state index is -0.581. The molecule has 2 aliphatic rings. The van der Waals surface area contributed by atoms with Gasteiger partial charge in [0, 0.05) is 5.57 Å². The molecule has 4 atom stereocenters. The molecule has 0 radical (unpaired) electrons. The van der Waals surface area contributed by atoms with Crippen molar-refractivity contribution in [2.24, 2.45) is 5.41 Å². The molecule has 0 N–H and O–H groups in total. The van der Waals surface area contributed by atoms with Crippen LogP contribution in [0.2, 0.25) is 0 Å². The van der Waals surface area contributed by atoms with Crippen molar-refractivity contribution in [3.63, 3.8) is 0 Å². The normalized spacial score (nSPS) is 31.6. The molecule has 4 unspecified atom stereocenters. The van der Waals surface area contributed by atoms with Gasteiger partial charge in [-0.15, -0.1) is 0 Å². The van der Waals surface area contributed by atoms with Gasteiger partial charge in [0.05, 0.1) is 18.6 Å². The Morgan fingerprint density at radius 1 is 1.05 bits per heavy atom. The van der Waals surface area contributed by atoms with Crippen molar-refractivity contribution >= 4 is 11.9 Å². The van der Waals surface area contributed by atoms with Gasteiger partial charge in [0.15, 0.2) is 12.2 Å². The maximum atomic E-state index is 11.9. The molecule has 118 valence electrons. The van der Waals surface area contributed by atoms with Crippen LogP contribution in [0.5, 0.6) is 0 Å². The van der Waals surface area contributed by atoms with Crippen molar-refractivity contribution in [3.8, 4) is 0 Å². The van der Waals surface area contributed by atoms with Crippen LogP contribution < -0.4 is 0 Å². The number of hydrogen-bond donors (Lipinski definition) is 0. The van der Waals surface area contributed by atoms with Crippen molar-refractivity contribution in [2.75, 3.05) is 13.2 Å². The first kappa shape index (κ1) is 16.0. The highest BCUT2D eigenvalue weighted by Gasteiger charge is 2.51. The number of hydrogen-bond acceptors (Lipinski definition) is 6. The third-order valence-electron chi connectivity index (χ3n) is 3.44. The van der Waals surface area contributed by atoms with Gasteiger partial charge in [-0.25, -0.2) is 4.79 Å². The third kappa shape index (κ3) is 3.44. The molecule has 21 heavy (non-hydrogen) atoms. The van der Waals surface area contributed by atoms with Crippen LogP contribution in [-0.4, -0.2) is 49.6 Å². The van der Waals surface area contributed by atoms with Crippen LogP contribution in [0.3, 0.4) is 0 Å². The van der Waals surface area contributed by atoms with Gasteiger partial charge in [-0.05, 0) is 27.7 Å². The quantitative estimate of drug-likeness (QED) is 0.576. The van der Waals surface area contributed by atoms with Crippen LogP contribution in [0.4, 0.5) is 0 Å². The van der Waals surface area contributed by atoms with Crippen LogP contribution in [0.25, 0.3) is 0 Å². The van der Waals surface area contributed by atoms with Gasteiger partial charge in [-0.1, -0.05) is 6.58 Å². The van der Waals surface area contributed by atoms with E-state index in [0.29, 0.717) is 5.57 Å². The summed E-state index contributed by atoms with van der Waals surface area (Å²) in [5.74, 6) is -0.772. The Morgan fingerprint density at radius 3 is 1.95 bits per heavy atom. The highest BCUT2D eigenvalue weighted by Crippen LogP contribution is 2.32. The fourth-order valence-corrected chi connectivity index (χ4v) is 2.18. The fourth-order valence-electron chi connectivity index (χ4n) is 2.18. The van der Waals surface area contributed by atoms with Gasteiger partial charge in [0.25, 0.3) is 0 Å². The van der Waals surface area contributed by atoms with Crippen LogP contribution in [0, 0.1) is 5.41 Å². The summed E-state index contributed by atoms with van der Waals surface area (Å²) in [6.07, 6.45) is -1.74. The Kier molecular flexibility index (Phi) is 4.39. The topological polar surface area (TPSA) is 71.1 Å². The molecular formula is C15H22O6. The summed E-state index contributed by atoms with van der Waals surface area (Å²) in [5.41, 5.74) is -0.255. The monoisotopic (exact) mass is 298 g/mol. The molecule has 0 spiro atoms. The van der Waals surface area contributed by atoms with E-state index < -0.39 is 29.7 Å². The van der Waals surface area contributed by atoms with E-state index in [1.54, 1.807) is 27.7 Å². The molecule has 6 nitrogen and oxygen atoms in total. The van der Waals surface area contributed by atoms with Gasteiger partial charge < -0.3 is 18.9 Å². The number of carbonyl (C=O) groups is 2. The number of rotatable bonds is 3. The minimum absolute atomic E-state index is 0.234. The summed E-state index contributed by atoms with van der Waals surface area (Å²) < 4.78 is 21.9. The highest BCUT2D eigenvalue weighted by molar-refractivity contribution is 5.87. The van der Waals surface area contributed by atoms with Crippen molar-refractivity contribution < 1.29 is 28.5 Å². The van der Waals surface area contributed by atoms with E-state index in [2.05, 4.69) is 6.58 Å². The number of ether oxygens (including phenoxy) is 4. The Hall–Kier alpha value is -1.40. The largest absolute Gasteiger partial charge is 0.457 e.